The van der Waals surface area contributed by atoms with Crippen molar-refractivity contribution in [3.8, 4) is 0 Å². The van der Waals surface area contributed by atoms with Crippen molar-refractivity contribution in [3.05, 3.63) is 23.8 Å². The van der Waals surface area contributed by atoms with Gasteiger partial charge in [0.2, 0.25) is 0 Å². The fourth-order valence-electron chi connectivity index (χ4n) is 0.869. The lowest BCUT2D eigenvalue weighted by atomic mass is 10.2. The van der Waals surface area contributed by atoms with Crippen LogP contribution in [0, 0.1) is 6.08 Å². The second-order valence-electron chi connectivity index (χ2n) is 2.78. The number of hydrogen-bond acceptors (Lipinski definition) is 0. The highest BCUT2D eigenvalue weighted by Gasteiger charge is 2.00. The predicted octanol–water partition coefficient (Wildman–Crippen LogP) is 3.26. The summed E-state index contributed by atoms with van der Waals surface area (Å²) in [4.78, 5) is 0. The first-order valence-electron chi connectivity index (χ1n) is 4.20. The van der Waals surface area contributed by atoms with Gasteiger partial charge in [-0.25, -0.2) is 0 Å². The summed E-state index contributed by atoms with van der Waals surface area (Å²) in [6, 6.07) is 0. The van der Waals surface area contributed by atoms with Crippen molar-refractivity contribution in [2.75, 3.05) is 0 Å². The summed E-state index contributed by atoms with van der Waals surface area (Å²) in [6.07, 6.45) is 14.0. The summed E-state index contributed by atoms with van der Waals surface area (Å²) >= 11 is 0. The lowest BCUT2D eigenvalue weighted by Gasteiger charge is -1.89. The maximum absolute atomic E-state index is 3.25. The molecule has 0 bridgehead atoms. The summed E-state index contributed by atoms with van der Waals surface area (Å²) in [7, 11) is 0. The molecule has 0 spiro atoms. The average molecular weight is 135 g/mol. The van der Waals surface area contributed by atoms with Crippen LogP contribution in [0.1, 0.15) is 39.0 Å². The first-order chi connectivity index (χ1) is 4.93. The van der Waals surface area contributed by atoms with Crippen LogP contribution in [0.3, 0.4) is 0 Å². The van der Waals surface area contributed by atoms with Gasteiger partial charge < -0.3 is 0 Å². The molecule has 0 unspecified atom stereocenters. The quantitative estimate of drug-likeness (QED) is 0.507. The van der Waals surface area contributed by atoms with Gasteiger partial charge in [0.1, 0.15) is 0 Å². The normalized spacial score (nSPS) is 15.9. The van der Waals surface area contributed by atoms with Gasteiger partial charge in [-0.3, -0.25) is 0 Å². The molecule has 10 heavy (non-hydrogen) atoms. The van der Waals surface area contributed by atoms with E-state index in [0.29, 0.717) is 0 Å². The van der Waals surface area contributed by atoms with Crippen LogP contribution in [-0.4, -0.2) is 0 Å². The summed E-state index contributed by atoms with van der Waals surface area (Å²) in [5.74, 6) is 0. The van der Waals surface area contributed by atoms with E-state index in [1.807, 2.05) is 0 Å². The van der Waals surface area contributed by atoms with E-state index in [2.05, 4.69) is 25.2 Å². The highest BCUT2D eigenvalue weighted by molar-refractivity contribution is 5.28. The van der Waals surface area contributed by atoms with Crippen molar-refractivity contribution < 1.29 is 0 Å². The van der Waals surface area contributed by atoms with Gasteiger partial charge in [0.05, 0.1) is 0 Å². The third kappa shape index (κ3) is 3.49. The van der Waals surface area contributed by atoms with Crippen molar-refractivity contribution in [2.45, 2.75) is 39.0 Å². The molecule has 1 radical (unpaired) electrons. The Hall–Kier alpha value is -0.520. The highest BCUT2D eigenvalue weighted by Crippen LogP contribution is 2.18. The van der Waals surface area contributed by atoms with Crippen LogP contribution in [0.2, 0.25) is 0 Å². The minimum Gasteiger partial charge on any atom is -0.0764 e. The molecule has 1 aliphatic carbocycles. The molecular weight excluding hydrogens is 120 g/mol. The van der Waals surface area contributed by atoms with Crippen LogP contribution in [-0.2, 0) is 0 Å². The van der Waals surface area contributed by atoms with Gasteiger partial charge in [0.25, 0.3) is 0 Å². The van der Waals surface area contributed by atoms with Crippen molar-refractivity contribution >= 4 is 0 Å². The van der Waals surface area contributed by atoms with Crippen LogP contribution in [0.5, 0.6) is 0 Å². The highest BCUT2D eigenvalue weighted by atomic mass is 14.0. The van der Waals surface area contributed by atoms with E-state index >= 15 is 0 Å². The third-order valence-electron chi connectivity index (χ3n) is 1.65. The van der Waals surface area contributed by atoms with E-state index in [1.165, 1.54) is 37.7 Å². The van der Waals surface area contributed by atoms with Gasteiger partial charge >= 0.3 is 0 Å². The van der Waals surface area contributed by atoms with Crippen molar-refractivity contribution in [2.24, 2.45) is 0 Å². The van der Waals surface area contributed by atoms with E-state index in [-0.39, 0.29) is 0 Å². The minimum absolute atomic E-state index is 1.18. The van der Waals surface area contributed by atoms with Crippen LogP contribution in [0.4, 0.5) is 0 Å². The molecule has 0 heterocycles. The molecule has 0 nitrogen and oxygen atoms in total. The fraction of sp³-hybridized carbons (Fsp3) is 0.600. The summed E-state index contributed by atoms with van der Waals surface area (Å²) in [5, 5.41) is 0. The van der Waals surface area contributed by atoms with E-state index in [4.69, 9.17) is 0 Å². The van der Waals surface area contributed by atoms with Gasteiger partial charge in [0.15, 0.2) is 0 Å². The van der Waals surface area contributed by atoms with Gasteiger partial charge in [-0.05, 0) is 30.9 Å². The second kappa shape index (κ2) is 4.32. The van der Waals surface area contributed by atoms with Gasteiger partial charge in [-0.2, -0.15) is 0 Å². The van der Waals surface area contributed by atoms with Crippen LogP contribution in [0.25, 0.3) is 0 Å². The van der Waals surface area contributed by atoms with Gasteiger partial charge in [-0.15, -0.1) is 0 Å². The number of allylic oxidation sites excluding steroid dienone is 4. The van der Waals surface area contributed by atoms with E-state index in [9.17, 15) is 0 Å². The van der Waals surface area contributed by atoms with Crippen LogP contribution < -0.4 is 0 Å². The SMILES string of the molecule is CCCCC/C=[C]\C1=CC1. The molecule has 0 saturated heterocycles. The monoisotopic (exact) mass is 135 g/mol. The molecule has 0 heteroatoms. The van der Waals surface area contributed by atoms with Crippen molar-refractivity contribution in [1.29, 1.82) is 0 Å². The Kier molecular flexibility index (Phi) is 3.28. The molecule has 0 amide bonds. The maximum atomic E-state index is 3.25. The number of hydrogen-bond donors (Lipinski definition) is 0. The zero-order valence-electron chi connectivity index (χ0n) is 6.69. The molecule has 0 N–H and O–H groups in total. The molecule has 1 rings (SSSR count). The Morgan fingerprint density at radius 2 is 2.40 bits per heavy atom. The van der Waals surface area contributed by atoms with E-state index in [0.717, 1.165) is 0 Å². The lowest BCUT2D eigenvalue weighted by Crippen LogP contribution is -1.70. The Morgan fingerprint density at radius 3 is 3.00 bits per heavy atom. The molecule has 0 aromatic carbocycles. The maximum Gasteiger partial charge on any atom is -0.00883 e. The van der Waals surface area contributed by atoms with Crippen LogP contribution >= 0.6 is 0 Å². The smallest absolute Gasteiger partial charge is 0.00883 e. The van der Waals surface area contributed by atoms with Crippen molar-refractivity contribution in [1.82, 2.24) is 0 Å². The molecule has 1 aliphatic rings. The summed E-state index contributed by atoms with van der Waals surface area (Å²) in [5.41, 5.74) is 1.40. The van der Waals surface area contributed by atoms with Crippen LogP contribution in [0.15, 0.2) is 17.7 Å². The summed E-state index contributed by atoms with van der Waals surface area (Å²) < 4.78 is 0. The minimum atomic E-state index is 1.18. The van der Waals surface area contributed by atoms with Gasteiger partial charge in [-0.1, -0.05) is 31.9 Å². The van der Waals surface area contributed by atoms with E-state index < -0.39 is 0 Å². The van der Waals surface area contributed by atoms with E-state index in [1.54, 1.807) is 0 Å². The molecule has 0 aromatic heterocycles. The number of rotatable bonds is 5. The first-order valence-corrected chi connectivity index (χ1v) is 4.20. The fourth-order valence-corrected chi connectivity index (χ4v) is 0.869. The Bertz CT molecular complexity index is 140. The van der Waals surface area contributed by atoms with Crippen molar-refractivity contribution in [3.63, 3.8) is 0 Å². The Morgan fingerprint density at radius 1 is 1.60 bits per heavy atom. The third-order valence-corrected chi connectivity index (χ3v) is 1.65. The lowest BCUT2D eigenvalue weighted by molar-refractivity contribution is 0.728. The molecule has 55 valence electrons. The topological polar surface area (TPSA) is 0 Å². The summed E-state index contributed by atoms with van der Waals surface area (Å²) in [6.45, 7) is 2.23. The molecule has 0 atom stereocenters. The molecule has 0 aliphatic heterocycles. The molecule has 0 fully saturated rings. The molecule has 0 aromatic rings. The standard InChI is InChI=1S/C10H15/c1-2-3-4-5-6-7-10-8-9-10/h6,8H,2-5,9H2,1H3. The largest absolute Gasteiger partial charge is 0.0764 e. The molecular formula is C10H15. The average Bonchev–Trinajstić information content (AvgIpc) is 2.71. The van der Waals surface area contributed by atoms with Gasteiger partial charge in [0, 0.05) is 0 Å². The predicted molar refractivity (Wildman–Crippen MR) is 44.7 cm³/mol. The Balaban J connectivity index is 1.88. The second-order valence-corrected chi connectivity index (χ2v) is 2.78. The zero-order chi connectivity index (χ0) is 7.23. The molecule has 0 saturated carbocycles. The zero-order valence-corrected chi connectivity index (χ0v) is 6.69. The Labute approximate surface area is 63.6 Å². The number of unbranched alkanes of at least 4 members (excludes halogenated alkanes) is 3. The first kappa shape index (κ1) is 7.59.